The predicted molar refractivity (Wildman–Crippen MR) is 123 cm³/mol. The number of fused-ring (bicyclic) bond motifs is 1. The van der Waals surface area contributed by atoms with Crippen molar-refractivity contribution >= 4 is 34.2 Å². The summed E-state index contributed by atoms with van der Waals surface area (Å²) in [5.74, 6) is 0.135. The molecule has 32 heavy (non-hydrogen) atoms. The number of pyridine rings is 2. The monoisotopic (exact) mass is 450 g/mol. The van der Waals surface area contributed by atoms with Gasteiger partial charge >= 0.3 is 0 Å². The highest BCUT2D eigenvalue weighted by Crippen LogP contribution is 2.19. The first-order chi connectivity index (χ1) is 15.3. The Morgan fingerprint density at radius 3 is 2.81 bits per heavy atom. The average Bonchev–Trinajstić information content (AvgIpc) is 3.15. The second kappa shape index (κ2) is 8.94. The van der Waals surface area contributed by atoms with Crippen molar-refractivity contribution < 1.29 is 9.90 Å². The molecule has 1 amide bonds. The molecule has 0 aliphatic carbocycles. The zero-order valence-electron chi connectivity index (χ0n) is 17.8. The molecule has 0 unspecified atom stereocenters. The van der Waals surface area contributed by atoms with Crippen LogP contribution in [0.5, 0.6) is 0 Å². The van der Waals surface area contributed by atoms with Gasteiger partial charge in [0.15, 0.2) is 0 Å². The number of nitrogen functional groups attached to an aromatic ring is 1. The summed E-state index contributed by atoms with van der Waals surface area (Å²) in [6.45, 7) is 4.18. The predicted octanol–water partition coefficient (Wildman–Crippen LogP) is 3.15. The summed E-state index contributed by atoms with van der Waals surface area (Å²) in [6.07, 6.45) is 3.25. The maximum Gasteiger partial charge on any atom is 0.255 e. The molecular formula is C23H23ClN6O2. The molecule has 0 saturated carbocycles. The summed E-state index contributed by atoms with van der Waals surface area (Å²) in [5, 5.41) is 18.5. The number of carbonyl (C=O) groups is 1. The molecule has 0 radical (unpaired) electrons. The van der Waals surface area contributed by atoms with Crippen LogP contribution < -0.4 is 11.1 Å². The van der Waals surface area contributed by atoms with Crippen LogP contribution in [-0.2, 0) is 19.7 Å². The number of carbonyl (C=O) groups excluding carboxylic acids is 1. The van der Waals surface area contributed by atoms with Crippen molar-refractivity contribution in [2.45, 2.75) is 33.5 Å². The highest BCUT2D eigenvalue weighted by molar-refractivity contribution is 6.31. The quantitative estimate of drug-likeness (QED) is 0.415. The van der Waals surface area contributed by atoms with Crippen LogP contribution in [0.25, 0.3) is 10.9 Å². The molecule has 3 aromatic heterocycles. The first-order valence-corrected chi connectivity index (χ1v) is 10.4. The van der Waals surface area contributed by atoms with Crippen LogP contribution in [0.15, 0.2) is 42.7 Å². The number of aryl methyl sites for hydroxylation is 2. The van der Waals surface area contributed by atoms with Gasteiger partial charge in [-0.05, 0) is 54.8 Å². The highest BCUT2D eigenvalue weighted by atomic mass is 35.5. The van der Waals surface area contributed by atoms with Gasteiger partial charge in [-0.1, -0.05) is 17.7 Å². The molecule has 9 heteroatoms. The van der Waals surface area contributed by atoms with Gasteiger partial charge in [-0.3, -0.25) is 14.5 Å². The molecule has 0 aliphatic heterocycles. The number of nitrogens with one attached hydrogen (secondary N) is 1. The molecule has 1 aromatic carbocycles. The SMILES string of the molecule is Cc1cc(N)nc(C)c1CNC(=O)c1cn(Cc2ccc3ncc(Cl)cc3c2)nc1CO. The van der Waals surface area contributed by atoms with E-state index in [-0.39, 0.29) is 12.5 Å². The summed E-state index contributed by atoms with van der Waals surface area (Å²) < 4.78 is 1.64. The maximum absolute atomic E-state index is 12.8. The third kappa shape index (κ3) is 4.56. The smallest absolute Gasteiger partial charge is 0.255 e. The molecule has 4 rings (SSSR count). The van der Waals surface area contributed by atoms with Crippen LogP contribution in [0.2, 0.25) is 5.02 Å². The second-order valence-electron chi connectivity index (χ2n) is 7.64. The lowest BCUT2D eigenvalue weighted by atomic mass is 10.1. The molecule has 0 atom stereocenters. The molecule has 8 nitrogen and oxygen atoms in total. The van der Waals surface area contributed by atoms with Crippen molar-refractivity contribution in [2.75, 3.05) is 5.73 Å². The first kappa shape index (κ1) is 21.7. The van der Waals surface area contributed by atoms with E-state index in [0.29, 0.717) is 35.2 Å². The van der Waals surface area contributed by atoms with E-state index in [0.717, 1.165) is 33.3 Å². The molecule has 0 saturated heterocycles. The van der Waals surface area contributed by atoms with Crippen LogP contribution >= 0.6 is 11.6 Å². The van der Waals surface area contributed by atoms with Crippen LogP contribution in [0.1, 0.15) is 38.4 Å². The van der Waals surface area contributed by atoms with Crippen LogP contribution in [0, 0.1) is 13.8 Å². The molecule has 0 bridgehead atoms. The van der Waals surface area contributed by atoms with Crippen molar-refractivity contribution in [1.82, 2.24) is 25.1 Å². The summed E-state index contributed by atoms with van der Waals surface area (Å²) >= 11 is 6.05. The van der Waals surface area contributed by atoms with Gasteiger partial charge < -0.3 is 16.2 Å². The largest absolute Gasteiger partial charge is 0.390 e. The molecule has 0 spiro atoms. The van der Waals surface area contributed by atoms with E-state index >= 15 is 0 Å². The minimum Gasteiger partial charge on any atom is -0.390 e. The van der Waals surface area contributed by atoms with Crippen molar-refractivity contribution in [1.29, 1.82) is 0 Å². The number of benzene rings is 1. The number of rotatable bonds is 6. The minimum absolute atomic E-state index is 0.304. The molecule has 4 aromatic rings. The number of aliphatic hydroxyl groups is 1. The first-order valence-electron chi connectivity index (χ1n) is 10.1. The maximum atomic E-state index is 12.8. The van der Waals surface area contributed by atoms with Gasteiger partial charge in [-0.15, -0.1) is 0 Å². The van der Waals surface area contributed by atoms with E-state index in [1.54, 1.807) is 23.1 Å². The van der Waals surface area contributed by atoms with Gasteiger partial charge in [0.1, 0.15) is 11.5 Å². The second-order valence-corrected chi connectivity index (χ2v) is 8.07. The summed E-state index contributed by atoms with van der Waals surface area (Å²) in [5.41, 5.74) is 10.9. The zero-order valence-corrected chi connectivity index (χ0v) is 18.5. The normalized spacial score (nSPS) is 11.1. The van der Waals surface area contributed by atoms with E-state index in [1.165, 1.54) is 0 Å². The number of hydrogen-bond donors (Lipinski definition) is 3. The lowest BCUT2D eigenvalue weighted by Crippen LogP contribution is -2.24. The van der Waals surface area contributed by atoms with Gasteiger partial charge in [0, 0.05) is 30.0 Å². The number of aromatic nitrogens is 4. The topological polar surface area (TPSA) is 119 Å². The van der Waals surface area contributed by atoms with Crippen molar-refractivity contribution in [3.05, 3.63) is 81.4 Å². The van der Waals surface area contributed by atoms with E-state index < -0.39 is 0 Å². The number of hydrogen-bond acceptors (Lipinski definition) is 6. The molecule has 0 aliphatic rings. The van der Waals surface area contributed by atoms with Gasteiger partial charge in [0.25, 0.3) is 5.91 Å². The van der Waals surface area contributed by atoms with E-state index in [4.69, 9.17) is 17.3 Å². The number of anilines is 1. The van der Waals surface area contributed by atoms with Crippen LogP contribution in [0.4, 0.5) is 5.82 Å². The molecular weight excluding hydrogens is 428 g/mol. The number of nitrogens with zero attached hydrogens (tertiary/aromatic N) is 4. The lowest BCUT2D eigenvalue weighted by Gasteiger charge is -2.11. The number of nitrogens with two attached hydrogens (primary N) is 1. The molecule has 0 fully saturated rings. The molecule has 4 N–H and O–H groups in total. The molecule has 164 valence electrons. The third-order valence-electron chi connectivity index (χ3n) is 5.29. The number of halogens is 1. The van der Waals surface area contributed by atoms with E-state index in [1.807, 2.05) is 38.1 Å². The Bertz CT molecular complexity index is 1290. The van der Waals surface area contributed by atoms with Gasteiger partial charge in [-0.25, -0.2) is 4.98 Å². The lowest BCUT2D eigenvalue weighted by molar-refractivity contribution is 0.0947. The van der Waals surface area contributed by atoms with Crippen LogP contribution in [0.3, 0.4) is 0 Å². The fourth-order valence-electron chi connectivity index (χ4n) is 3.71. The number of aliphatic hydroxyl groups excluding tert-OH is 1. The summed E-state index contributed by atoms with van der Waals surface area (Å²) in [6, 6.07) is 9.47. The van der Waals surface area contributed by atoms with Gasteiger partial charge in [0.2, 0.25) is 0 Å². The van der Waals surface area contributed by atoms with Crippen LogP contribution in [-0.4, -0.2) is 30.8 Å². The Morgan fingerprint density at radius 2 is 2.06 bits per heavy atom. The Hall–Kier alpha value is -3.49. The fraction of sp³-hybridized carbons (Fsp3) is 0.217. The standard InChI is InChI=1S/C23H23ClN6O2/c1-13-5-22(25)28-14(2)18(13)9-27-23(32)19-11-30(29-21(19)12-31)10-15-3-4-20-16(6-15)7-17(24)8-26-20/h3-8,11,31H,9-10,12H2,1-2H3,(H2,25,28)(H,27,32). The number of amides is 1. The van der Waals surface area contributed by atoms with Crippen molar-refractivity contribution in [3.8, 4) is 0 Å². The third-order valence-corrected chi connectivity index (χ3v) is 5.50. The summed E-state index contributed by atoms with van der Waals surface area (Å²) in [7, 11) is 0. The zero-order chi connectivity index (χ0) is 22.8. The Labute approximate surface area is 190 Å². The average molecular weight is 451 g/mol. The highest BCUT2D eigenvalue weighted by Gasteiger charge is 2.17. The summed E-state index contributed by atoms with van der Waals surface area (Å²) in [4.78, 5) is 21.4. The van der Waals surface area contributed by atoms with Crippen molar-refractivity contribution in [3.63, 3.8) is 0 Å². The Morgan fingerprint density at radius 1 is 1.25 bits per heavy atom. The van der Waals surface area contributed by atoms with Gasteiger partial charge in [-0.2, -0.15) is 5.10 Å². The van der Waals surface area contributed by atoms with Crippen molar-refractivity contribution in [2.24, 2.45) is 0 Å². The minimum atomic E-state index is -0.339. The Kier molecular flexibility index (Phi) is 6.07. The molecule has 3 heterocycles. The fourth-order valence-corrected chi connectivity index (χ4v) is 3.87. The van der Waals surface area contributed by atoms with Gasteiger partial charge in [0.05, 0.1) is 29.3 Å². The van der Waals surface area contributed by atoms with E-state index in [2.05, 4.69) is 20.4 Å². The Balaban J connectivity index is 1.52. The van der Waals surface area contributed by atoms with E-state index in [9.17, 15) is 9.90 Å².